The van der Waals surface area contributed by atoms with Gasteiger partial charge in [0.15, 0.2) is 11.6 Å². The van der Waals surface area contributed by atoms with Gasteiger partial charge in [-0.3, -0.25) is 14.7 Å². The number of halogens is 2. The third kappa shape index (κ3) is 4.14. The number of nitrogens with one attached hydrogen (secondary N) is 1. The Hall–Kier alpha value is -2.26. The smallest absolute Gasteiger partial charge is 0.241 e. The molecule has 0 bridgehead atoms. The highest BCUT2D eigenvalue weighted by molar-refractivity contribution is 5.80. The summed E-state index contributed by atoms with van der Waals surface area (Å²) in [5.41, 5.74) is 0.613. The molecule has 126 valence electrons. The molecule has 7 nitrogen and oxygen atoms in total. The summed E-state index contributed by atoms with van der Waals surface area (Å²) in [6, 6.07) is 3.33. The van der Waals surface area contributed by atoms with E-state index < -0.39 is 11.6 Å². The summed E-state index contributed by atoms with van der Waals surface area (Å²) in [7, 11) is 1.87. The Morgan fingerprint density at radius 3 is 2.91 bits per heavy atom. The highest BCUT2D eigenvalue weighted by Gasteiger charge is 2.34. The van der Waals surface area contributed by atoms with E-state index in [1.54, 1.807) is 0 Å². The molecule has 5 N–H and O–H groups in total. The predicted octanol–water partition coefficient (Wildman–Crippen LogP) is -0.0961. The number of rotatable bonds is 5. The largest absolute Gasteiger partial charge is 0.350 e. The van der Waals surface area contributed by atoms with Crippen molar-refractivity contribution in [1.82, 2.24) is 15.2 Å². The molecule has 0 aromatic heterocycles. The lowest BCUT2D eigenvalue weighted by Crippen LogP contribution is -2.45. The standard InChI is InChI=1S/C14H20F2N6O/c1-21-5-4-12(20-13(23)7-22(18)8-19-17)14(21)9-2-3-10(15)11(16)6-9/h2-3,6,8,12,14H,4-5,7,17-18H2,1H3,(H,20,23)/b19-8-. The summed E-state index contributed by atoms with van der Waals surface area (Å²) in [6.45, 7) is 0.622. The zero-order valence-electron chi connectivity index (χ0n) is 12.7. The summed E-state index contributed by atoms with van der Waals surface area (Å²) in [5.74, 6) is 8.36. The number of benzene rings is 1. The van der Waals surface area contributed by atoms with E-state index in [0.29, 0.717) is 12.0 Å². The van der Waals surface area contributed by atoms with Gasteiger partial charge < -0.3 is 11.2 Å². The van der Waals surface area contributed by atoms with Crippen LogP contribution in [0, 0.1) is 11.6 Å². The molecule has 0 radical (unpaired) electrons. The van der Waals surface area contributed by atoms with Gasteiger partial charge >= 0.3 is 0 Å². The van der Waals surface area contributed by atoms with Gasteiger partial charge in [-0.1, -0.05) is 6.07 Å². The average molecular weight is 326 g/mol. The van der Waals surface area contributed by atoms with Gasteiger partial charge in [-0.25, -0.2) is 14.6 Å². The Labute approximate surface area is 132 Å². The molecule has 1 heterocycles. The van der Waals surface area contributed by atoms with E-state index in [1.807, 2.05) is 11.9 Å². The number of nitrogens with two attached hydrogens (primary N) is 2. The number of nitrogens with zero attached hydrogens (tertiary/aromatic N) is 3. The van der Waals surface area contributed by atoms with Gasteiger partial charge in [0.05, 0.1) is 6.04 Å². The van der Waals surface area contributed by atoms with E-state index in [1.165, 1.54) is 6.07 Å². The fraction of sp³-hybridized carbons (Fsp3) is 0.429. The van der Waals surface area contributed by atoms with Crippen molar-refractivity contribution in [2.45, 2.75) is 18.5 Å². The van der Waals surface area contributed by atoms with Gasteiger partial charge in [0, 0.05) is 12.6 Å². The first-order valence-corrected chi connectivity index (χ1v) is 7.11. The Bertz CT molecular complexity index is 597. The summed E-state index contributed by atoms with van der Waals surface area (Å²) in [4.78, 5) is 14.0. The summed E-state index contributed by atoms with van der Waals surface area (Å²) in [6.07, 6.45) is 1.83. The topological polar surface area (TPSA) is 100.0 Å². The second kappa shape index (κ2) is 7.34. The van der Waals surface area contributed by atoms with Crippen LogP contribution in [-0.2, 0) is 4.79 Å². The number of amides is 1. The van der Waals surface area contributed by atoms with Crippen LogP contribution in [-0.4, -0.2) is 48.3 Å². The third-order valence-electron chi connectivity index (χ3n) is 3.82. The number of carbonyl (C=O) groups is 1. The minimum atomic E-state index is -0.903. The van der Waals surface area contributed by atoms with Crippen LogP contribution in [0.25, 0.3) is 0 Å². The molecule has 0 spiro atoms. The van der Waals surface area contributed by atoms with Crippen LogP contribution in [0.3, 0.4) is 0 Å². The van der Waals surface area contributed by atoms with Crippen molar-refractivity contribution < 1.29 is 13.6 Å². The number of hydrazone groups is 1. The second-order valence-corrected chi connectivity index (χ2v) is 5.50. The van der Waals surface area contributed by atoms with Gasteiger partial charge in [0.25, 0.3) is 0 Å². The zero-order valence-corrected chi connectivity index (χ0v) is 12.7. The quantitative estimate of drug-likeness (QED) is 0.304. The van der Waals surface area contributed by atoms with Crippen LogP contribution < -0.4 is 17.0 Å². The molecule has 1 amide bonds. The normalized spacial score (nSPS) is 21.7. The maximum atomic E-state index is 13.5. The van der Waals surface area contributed by atoms with Crippen molar-refractivity contribution in [3.8, 4) is 0 Å². The first-order chi connectivity index (χ1) is 10.9. The van der Waals surface area contributed by atoms with E-state index in [0.717, 1.165) is 30.0 Å². The number of hydrazine groups is 1. The minimum absolute atomic E-state index is 0.106. The van der Waals surface area contributed by atoms with Gasteiger partial charge in [-0.2, -0.15) is 5.10 Å². The van der Waals surface area contributed by atoms with Gasteiger partial charge in [0.2, 0.25) is 5.91 Å². The molecule has 23 heavy (non-hydrogen) atoms. The van der Waals surface area contributed by atoms with Gasteiger partial charge in [0.1, 0.15) is 12.9 Å². The average Bonchev–Trinajstić information content (AvgIpc) is 2.83. The van der Waals surface area contributed by atoms with Crippen molar-refractivity contribution >= 4 is 12.2 Å². The van der Waals surface area contributed by atoms with Crippen LogP contribution in [0.1, 0.15) is 18.0 Å². The molecule has 1 aromatic carbocycles. The number of hydrogen-bond acceptors (Lipinski definition) is 5. The van der Waals surface area contributed by atoms with E-state index in [2.05, 4.69) is 10.4 Å². The molecular formula is C14H20F2N6O. The molecule has 2 rings (SSSR count). The van der Waals surface area contributed by atoms with Crippen LogP contribution in [0.4, 0.5) is 8.78 Å². The Morgan fingerprint density at radius 2 is 2.26 bits per heavy atom. The SMILES string of the molecule is CN1CCC(NC(=O)CN(N)/C=N\N)C1c1ccc(F)c(F)c1. The van der Waals surface area contributed by atoms with E-state index in [4.69, 9.17) is 11.7 Å². The first kappa shape index (κ1) is 17.1. The lowest BCUT2D eigenvalue weighted by molar-refractivity contribution is -0.122. The summed E-state index contributed by atoms with van der Waals surface area (Å²) >= 11 is 0. The molecule has 2 atom stereocenters. The van der Waals surface area contributed by atoms with E-state index >= 15 is 0 Å². The molecule has 1 saturated heterocycles. The minimum Gasteiger partial charge on any atom is -0.350 e. The maximum Gasteiger partial charge on any atom is 0.241 e. The molecule has 0 aliphatic carbocycles. The molecule has 9 heteroatoms. The molecule has 0 saturated carbocycles. The molecule has 1 fully saturated rings. The molecular weight excluding hydrogens is 306 g/mol. The summed E-state index contributed by atoms with van der Waals surface area (Å²) in [5, 5.41) is 7.14. The molecule has 1 aromatic rings. The summed E-state index contributed by atoms with van der Waals surface area (Å²) < 4.78 is 26.6. The van der Waals surface area contributed by atoms with Gasteiger partial charge in [-0.05, 0) is 31.2 Å². The van der Waals surface area contributed by atoms with Crippen LogP contribution in [0.2, 0.25) is 0 Å². The van der Waals surface area contributed by atoms with E-state index in [-0.39, 0.29) is 24.5 Å². The first-order valence-electron chi connectivity index (χ1n) is 7.11. The third-order valence-corrected chi connectivity index (χ3v) is 3.82. The van der Waals surface area contributed by atoms with Crippen LogP contribution >= 0.6 is 0 Å². The fourth-order valence-corrected chi connectivity index (χ4v) is 2.83. The lowest BCUT2D eigenvalue weighted by atomic mass is 10.00. The molecule has 1 aliphatic heterocycles. The van der Waals surface area contributed by atoms with Crippen LogP contribution in [0.5, 0.6) is 0 Å². The fourth-order valence-electron chi connectivity index (χ4n) is 2.83. The highest BCUT2D eigenvalue weighted by Crippen LogP contribution is 2.31. The molecule has 1 aliphatic rings. The van der Waals surface area contributed by atoms with Crippen molar-refractivity contribution in [3.05, 3.63) is 35.4 Å². The number of likely N-dealkylation sites (N-methyl/N-ethyl adjacent to an activating group) is 1. The lowest BCUT2D eigenvalue weighted by Gasteiger charge is -2.26. The van der Waals surface area contributed by atoms with Crippen molar-refractivity contribution in [3.63, 3.8) is 0 Å². The van der Waals surface area contributed by atoms with Crippen molar-refractivity contribution in [1.29, 1.82) is 0 Å². The molecule has 2 unspecified atom stereocenters. The Kier molecular flexibility index (Phi) is 5.45. The number of likely N-dealkylation sites (tertiary alicyclic amines) is 1. The predicted molar refractivity (Wildman–Crippen MR) is 81.8 cm³/mol. The van der Waals surface area contributed by atoms with Crippen molar-refractivity contribution in [2.75, 3.05) is 20.1 Å². The maximum absolute atomic E-state index is 13.5. The van der Waals surface area contributed by atoms with Crippen LogP contribution in [0.15, 0.2) is 23.3 Å². The second-order valence-electron chi connectivity index (χ2n) is 5.50. The monoisotopic (exact) mass is 326 g/mol. The highest BCUT2D eigenvalue weighted by atomic mass is 19.2. The number of carbonyl (C=O) groups excluding carboxylic acids is 1. The Balaban J connectivity index is 2.08. The van der Waals surface area contributed by atoms with Crippen molar-refractivity contribution in [2.24, 2.45) is 16.8 Å². The zero-order chi connectivity index (χ0) is 17.0. The Morgan fingerprint density at radius 1 is 1.52 bits per heavy atom. The number of hydrogen-bond donors (Lipinski definition) is 3. The van der Waals surface area contributed by atoms with Gasteiger partial charge in [-0.15, -0.1) is 0 Å². The van der Waals surface area contributed by atoms with E-state index in [9.17, 15) is 13.6 Å².